The minimum absolute atomic E-state index is 0.389. The van der Waals surface area contributed by atoms with Crippen molar-refractivity contribution < 1.29 is 19.1 Å². The van der Waals surface area contributed by atoms with Gasteiger partial charge in [0.2, 0.25) is 0 Å². The Morgan fingerprint density at radius 3 is 1.21 bits per heavy atom. The van der Waals surface area contributed by atoms with Gasteiger partial charge >= 0.3 is 11.9 Å². The van der Waals surface area contributed by atoms with Gasteiger partial charge in [-0.05, 0) is 25.7 Å². The van der Waals surface area contributed by atoms with E-state index in [0.717, 1.165) is 32.1 Å². The highest BCUT2D eigenvalue weighted by atomic mass is 16.6. The maximum absolute atomic E-state index is 12.6. The van der Waals surface area contributed by atoms with Gasteiger partial charge in [0.1, 0.15) is 0 Å². The molecule has 0 heterocycles. The Labute approximate surface area is 180 Å². The fraction of sp³-hybridized carbons (Fsp3) is 0.920. The van der Waals surface area contributed by atoms with Crippen LogP contribution in [0.25, 0.3) is 0 Å². The maximum Gasteiger partial charge on any atom is 0.323 e. The molecule has 4 nitrogen and oxygen atoms in total. The fourth-order valence-electron chi connectivity index (χ4n) is 3.64. The largest absolute Gasteiger partial charge is 0.465 e. The van der Waals surface area contributed by atoms with Crippen LogP contribution >= 0.6 is 0 Å². The van der Waals surface area contributed by atoms with Crippen molar-refractivity contribution in [3.8, 4) is 0 Å². The average molecular weight is 413 g/mol. The third kappa shape index (κ3) is 12.3. The second kappa shape index (κ2) is 18.9. The monoisotopic (exact) mass is 412 g/mol. The van der Waals surface area contributed by atoms with E-state index in [9.17, 15) is 9.59 Å². The van der Waals surface area contributed by atoms with Crippen molar-refractivity contribution in [2.75, 3.05) is 13.2 Å². The van der Waals surface area contributed by atoms with Crippen LogP contribution in [-0.2, 0) is 19.1 Å². The average Bonchev–Trinajstić information content (AvgIpc) is 2.73. The number of hydrogen-bond donors (Lipinski definition) is 0. The molecule has 0 radical (unpaired) electrons. The highest BCUT2D eigenvalue weighted by molar-refractivity contribution is 5.99. The molecule has 0 N–H and O–H groups in total. The number of unbranched alkanes of at least 4 members (excludes halogenated alkanes) is 12. The minimum atomic E-state index is -1.13. The second-order valence-electron chi connectivity index (χ2n) is 8.30. The SMILES string of the molecule is CCCCCCCCCCCCCOC(=O)C(CC)(CC)C(=O)OCCCCC. The molecule has 0 aliphatic heterocycles. The molecule has 0 aromatic carbocycles. The molecule has 0 rings (SSSR count). The lowest BCUT2D eigenvalue weighted by molar-refractivity contribution is -0.173. The Hall–Kier alpha value is -1.06. The zero-order chi connectivity index (χ0) is 21.8. The second-order valence-corrected chi connectivity index (χ2v) is 8.30. The quantitative estimate of drug-likeness (QED) is 0.119. The number of ether oxygens (including phenoxy) is 2. The molecule has 0 atom stereocenters. The van der Waals surface area contributed by atoms with Gasteiger partial charge in [0, 0.05) is 0 Å². The maximum atomic E-state index is 12.6. The van der Waals surface area contributed by atoms with Gasteiger partial charge in [0.05, 0.1) is 13.2 Å². The third-order valence-corrected chi connectivity index (χ3v) is 5.95. The van der Waals surface area contributed by atoms with Gasteiger partial charge in [-0.15, -0.1) is 0 Å². The fourth-order valence-corrected chi connectivity index (χ4v) is 3.64. The van der Waals surface area contributed by atoms with Crippen molar-refractivity contribution in [2.24, 2.45) is 5.41 Å². The van der Waals surface area contributed by atoms with E-state index < -0.39 is 17.4 Å². The van der Waals surface area contributed by atoms with Gasteiger partial charge in [-0.2, -0.15) is 0 Å². The first-order chi connectivity index (χ1) is 14.1. The van der Waals surface area contributed by atoms with Gasteiger partial charge < -0.3 is 9.47 Å². The molecule has 0 spiro atoms. The van der Waals surface area contributed by atoms with Gasteiger partial charge in [0.25, 0.3) is 0 Å². The lowest BCUT2D eigenvalue weighted by Gasteiger charge is -2.27. The Bertz CT molecular complexity index is 402. The summed E-state index contributed by atoms with van der Waals surface area (Å²) in [7, 11) is 0. The molecule has 0 aliphatic rings. The molecule has 0 aromatic heterocycles. The van der Waals surface area contributed by atoms with Crippen LogP contribution in [0.4, 0.5) is 0 Å². The van der Waals surface area contributed by atoms with Crippen LogP contribution in [0.5, 0.6) is 0 Å². The zero-order valence-electron chi connectivity index (χ0n) is 19.9. The molecule has 4 heteroatoms. The summed E-state index contributed by atoms with van der Waals surface area (Å²) in [6.45, 7) is 8.87. The lowest BCUT2D eigenvalue weighted by Crippen LogP contribution is -2.41. The summed E-state index contributed by atoms with van der Waals surface area (Å²) in [6.07, 6.45) is 17.7. The first-order valence-electron chi connectivity index (χ1n) is 12.4. The standard InChI is InChI=1S/C25H48O4/c1-5-9-11-12-13-14-15-16-17-18-20-22-29-24(27)25(7-3,8-4)23(26)28-21-19-10-6-2/h5-22H2,1-4H3. The molecule has 0 saturated carbocycles. The van der Waals surface area contributed by atoms with Crippen molar-refractivity contribution >= 4 is 11.9 Å². The van der Waals surface area contributed by atoms with Crippen molar-refractivity contribution in [1.29, 1.82) is 0 Å². The van der Waals surface area contributed by atoms with Crippen LogP contribution in [0.3, 0.4) is 0 Å². The van der Waals surface area contributed by atoms with Gasteiger partial charge in [0.15, 0.2) is 5.41 Å². The Balaban J connectivity index is 3.96. The molecule has 0 aliphatic carbocycles. The van der Waals surface area contributed by atoms with E-state index in [-0.39, 0.29) is 0 Å². The van der Waals surface area contributed by atoms with Crippen LogP contribution < -0.4 is 0 Å². The first kappa shape index (κ1) is 27.9. The van der Waals surface area contributed by atoms with E-state index in [2.05, 4.69) is 13.8 Å². The summed E-state index contributed by atoms with van der Waals surface area (Å²) in [4.78, 5) is 25.1. The molecular formula is C25H48O4. The van der Waals surface area contributed by atoms with E-state index in [1.165, 1.54) is 57.8 Å². The number of hydrogen-bond acceptors (Lipinski definition) is 4. The van der Waals surface area contributed by atoms with E-state index in [0.29, 0.717) is 26.1 Å². The lowest BCUT2D eigenvalue weighted by atomic mass is 9.82. The summed E-state index contributed by atoms with van der Waals surface area (Å²) >= 11 is 0. The van der Waals surface area contributed by atoms with E-state index >= 15 is 0 Å². The topological polar surface area (TPSA) is 52.6 Å². The Kier molecular flexibility index (Phi) is 18.2. The van der Waals surface area contributed by atoms with Crippen LogP contribution in [0.1, 0.15) is 130 Å². The molecule has 29 heavy (non-hydrogen) atoms. The van der Waals surface area contributed by atoms with Crippen LogP contribution in [0.15, 0.2) is 0 Å². The Morgan fingerprint density at radius 2 is 0.828 bits per heavy atom. The van der Waals surface area contributed by atoms with Gasteiger partial charge in [-0.3, -0.25) is 9.59 Å². The summed E-state index contributed by atoms with van der Waals surface area (Å²) in [5.74, 6) is -0.822. The number of carbonyl (C=O) groups is 2. The van der Waals surface area contributed by atoms with Crippen LogP contribution in [0.2, 0.25) is 0 Å². The smallest absolute Gasteiger partial charge is 0.323 e. The highest BCUT2D eigenvalue weighted by Gasteiger charge is 2.45. The molecule has 0 amide bonds. The molecular weight excluding hydrogens is 364 g/mol. The molecule has 0 bridgehead atoms. The van der Waals surface area contributed by atoms with Crippen LogP contribution in [0, 0.1) is 5.41 Å². The predicted molar refractivity (Wildman–Crippen MR) is 121 cm³/mol. The number of esters is 2. The molecule has 0 unspecified atom stereocenters. The third-order valence-electron chi connectivity index (χ3n) is 5.95. The molecule has 172 valence electrons. The van der Waals surface area contributed by atoms with Gasteiger partial charge in [-0.1, -0.05) is 105 Å². The van der Waals surface area contributed by atoms with Crippen molar-refractivity contribution in [1.82, 2.24) is 0 Å². The number of carbonyl (C=O) groups excluding carboxylic acids is 2. The van der Waals surface area contributed by atoms with Crippen molar-refractivity contribution in [3.63, 3.8) is 0 Å². The molecule has 0 saturated heterocycles. The zero-order valence-corrected chi connectivity index (χ0v) is 19.9. The number of rotatable bonds is 20. The van der Waals surface area contributed by atoms with Crippen molar-refractivity contribution in [2.45, 2.75) is 130 Å². The van der Waals surface area contributed by atoms with E-state index in [1.807, 2.05) is 13.8 Å². The summed E-state index contributed by atoms with van der Waals surface area (Å²) in [6, 6.07) is 0. The first-order valence-corrected chi connectivity index (χ1v) is 12.4. The summed E-state index contributed by atoms with van der Waals surface area (Å²) in [5, 5.41) is 0. The van der Waals surface area contributed by atoms with E-state index in [1.54, 1.807) is 0 Å². The normalized spacial score (nSPS) is 11.4. The summed E-state index contributed by atoms with van der Waals surface area (Å²) < 4.78 is 10.9. The Morgan fingerprint density at radius 1 is 0.517 bits per heavy atom. The van der Waals surface area contributed by atoms with Gasteiger partial charge in [-0.25, -0.2) is 0 Å². The van der Waals surface area contributed by atoms with Crippen LogP contribution in [-0.4, -0.2) is 25.2 Å². The predicted octanol–water partition coefficient (Wildman–Crippen LogP) is 7.38. The van der Waals surface area contributed by atoms with Crippen molar-refractivity contribution in [3.05, 3.63) is 0 Å². The molecule has 0 aromatic rings. The summed E-state index contributed by atoms with van der Waals surface area (Å²) in [5.41, 5.74) is -1.13. The minimum Gasteiger partial charge on any atom is -0.465 e. The highest BCUT2D eigenvalue weighted by Crippen LogP contribution is 2.30. The molecule has 0 fully saturated rings. The van der Waals surface area contributed by atoms with E-state index in [4.69, 9.17) is 9.47 Å².